The van der Waals surface area contributed by atoms with Crippen LogP contribution >= 0.6 is 0 Å². The van der Waals surface area contributed by atoms with Crippen LogP contribution in [0.25, 0.3) is 0 Å². The molecule has 1 aromatic rings. The van der Waals surface area contributed by atoms with Crippen molar-refractivity contribution < 1.29 is 9.26 Å². The first-order valence-corrected chi connectivity index (χ1v) is 4.90. The van der Waals surface area contributed by atoms with Crippen LogP contribution in [0.1, 0.15) is 24.8 Å². The zero-order chi connectivity index (χ0) is 11.3. The average Bonchev–Trinajstić information content (AvgIpc) is 2.66. The average molecular weight is 214 g/mol. The molecular weight excluding hydrogens is 196 g/mol. The number of hydrogen-bond acceptors (Lipinski definition) is 6. The van der Waals surface area contributed by atoms with Gasteiger partial charge in [-0.15, -0.1) is 0 Å². The second kappa shape index (κ2) is 5.67. The minimum atomic E-state index is -0.207. The normalized spacial score (nSPS) is 12.8. The fraction of sp³-hybridized carbons (Fsp3) is 0.778. The molecule has 1 aromatic heterocycles. The summed E-state index contributed by atoms with van der Waals surface area (Å²) >= 11 is 0. The highest BCUT2D eigenvalue weighted by molar-refractivity contribution is 5.23. The number of aromatic nitrogens is 2. The van der Waals surface area contributed by atoms with Crippen LogP contribution in [0.4, 0.5) is 5.95 Å². The fourth-order valence-corrected chi connectivity index (χ4v) is 1.13. The van der Waals surface area contributed by atoms with Gasteiger partial charge in [-0.25, -0.2) is 0 Å². The maximum Gasteiger partial charge on any atom is 0.265 e. The van der Waals surface area contributed by atoms with E-state index in [1.54, 1.807) is 12.0 Å². The molecular formula is C9H18N4O2. The zero-order valence-corrected chi connectivity index (χ0v) is 9.43. The topological polar surface area (TPSA) is 77.4 Å². The van der Waals surface area contributed by atoms with Crippen LogP contribution in [0.15, 0.2) is 4.52 Å². The summed E-state index contributed by atoms with van der Waals surface area (Å²) in [5, 5.41) is 3.79. The van der Waals surface area contributed by atoms with Gasteiger partial charge in [0.1, 0.15) is 0 Å². The highest BCUT2D eigenvalue weighted by Gasteiger charge is 2.14. The molecule has 0 saturated heterocycles. The lowest BCUT2D eigenvalue weighted by Crippen LogP contribution is -2.13. The van der Waals surface area contributed by atoms with Crippen molar-refractivity contribution in [2.24, 2.45) is 5.73 Å². The standard InChI is InChI=1S/C9H18N4O2/c1-13(2)9-11-8(15-12-9)7(10)5-4-6-14-3/h7H,4-6,10H2,1-3H3. The molecule has 0 saturated carbocycles. The molecule has 1 atom stereocenters. The largest absolute Gasteiger partial charge is 0.385 e. The van der Waals surface area contributed by atoms with Gasteiger partial charge >= 0.3 is 0 Å². The summed E-state index contributed by atoms with van der Waals surface area (Å²) in [7, 11) is 5.37. The predicted octanol–water partition coefficient (Wildman–Crippen LogP) is 0.562. The summed E-state index contributed by atoms with van der Waals surface area (Å²) in [4.78, 5) is 5.94. The van der Waals surface area contributed by atoms with Crippen molar-refractivity contribution in [3.05, 3.63) is 5.89 Å². The van der Waals surface area contributed by atoms with E-state index in [-0.39, 0.29) is 6.04 Å². The fourth-order valence-electron chi connectivity index (χ4n) is 1.13. The molecule has 0 aromatic carbocycles. The molecule has 0 spiro atoms. The van der Waals surface area contributed by atoms with E-state index in [1.165, 1.54) is 0 Å². The molecule has 1 rings (SSSR count). The molecule has 1 heterocycles. The highest BCUT2D eigenvalue weighted by Crippen LogP contribution is 2.15. The Morgan fingerprint density at radius 3 is 2.80 bits per heavy atom. The lowest BCUT2D eigenvalue weighted by Gasteiger charge is -2.05. The van der Waals surface area contributed by atoms with Gasteiger partial charge in [0.25, 0.3) is 5.95 Å². The van der Waals surface area contributed by atoms with Crippen molar-refractivity contribution in [1.29, 1.82) is 0 Å². The molecule has 6 heteroatoms. The molecule has 0 bridgehead atoms. The predicted molar refractivity (Wildman–Crippen MR) is 56.7 cm³/mol. The van der Waals surface area contributed by atoms with E-state index >= 15 is 0 Å². The Balaban J connectivity index is 2.47. The number of hydrogen-bond donors (Lipinski definition) is 1. The van der Waals surface area contributed by atoms with E-state index in [9.17, 15) is 0 Å². The van der Waals surface area contributed by atoms with Crippen LogP contribution in [0.2, 0.25) is 0 Å². The minimum Gasteiger partial charge on any atom is -0.385 e. The van der Waals surface area contributed by atoms with Crippen LogP contribution in [-0.4, -0.2) is 38.0 Å². The van der Waals surface area contributed by atoms with Crippen molar-refractivity contribution in [3.63, 3.8) is 0 Å². The second-order valence-electron chi connectivity index (χ2n) is 3.57. The van der Waals surface area contributed by atoms with E-state index in [2.05, 4.69) is 10.1 Å². The van der Waals surface area contributed by atoms with Gasteiger partial charge in [0.2, 0.25) is 5.89 Å². The first-order valence-electron chi connectivity index (χ1n) is 4.90. The molecule has 86 valence electrons. The Labute approximate surface area is 89.4 Å². The van der Waals surface area contributed by atoms with Crippen LogP contribution in [0.3, 0.4) is 0 Å². The van der Waals surface area contributed by atoms with Gasteiger partial charge in [-0.05, 0) is 18.0 Å². The molecule has 0 aliphatic rings. The van der Waals surface area contributed by atoms with E-state index in [0.29, 0.717) is 18.4 Å². The summed E-state index contributed by atoms with van der Waals surface area (Å²) < 4.78 is 9.99. The Hall–Kier alpha value is -1.14. The van der Waals surface area contributed by atoms with Gasteiger partial charge in [0, 0.05) is 27.8 Å². The summed E-state index contributed by atoms with van der Waals surface area (Å²) in [6.45, 7) is 0.697. The Kier molecular flexibility index (Phi) is 4.51. The van der Waals surface area contributed by atoms with Crippen LogP contribution in [0.5, 0.6) is 0 Å². The first kappa shape index (κ1) is 11.9. The second-order valence-corrected chi connectivity index (χ2v) is 3.57. The summed E-state index contributed by atoms with van der Waals surface area (Å²) in [5.41, 5.74) is 5.88. The number of methoxy groups -OCH3 is 1. The van der Waals surface area contributed by atoms with Crippen LogP contribution in [-0.2, 0) is 4.74 Å². The van der Waals surface area contributed by atoms with Crippen molar-refractivity contribution in [2.75, 3.05) is 32.7 Å². The molecule has 15 heavy (non-hydrogen) atoms. The molecule has 0 fully saturated rings. The highest BCUT2D eigenvalue weighted by atomic mass is 16.5. The summed E-state index contributed by atoms with van der Waals surface area (Å²) in [6.07, 6.45) is 1.67. The summed E-state index contributed by atoms with van der Waals surface area (Å²) in [6, 6.07) is -0.207. The van der Waals surface area contributed by atoms with E-state index in [4.69, 9.17) is 15.0 Å². The van der Waals surface area contributed by atoms with Gasteiger partial charge in [-0.3, -0.25) is 0 Å². The Morgan fingerprint density at radius 2 is 2.27 bits per heavy atom. The van der Waals surface area contributed by atoms with Gasteiger partial charge < -0.3 is 19.9 Å². The molecule has 0 amide bonds. The molecule has 1 unspecified atom stereocenters. The minimum absolute atomic E-state index is 0.207. The van der Waals surface area contributed by atoms with Crippen LogP contribution < -0.4 is 10.6 Å². The lowest BCUT2D eigenvalue weighted by molar-refractivity contribution is 0.188. The van der Waals surface area contributed by atoms with Gasteiger partial charge in [0.05, 0.1) is 6.04 Å². The summed E-state index contributed by atoms with van der Waals surface area (Å²) in [5.74, 6) is 1.03. The monoisotopic (exact) mass is 214 g/mol. The zero-order valence-electron chi connectivity index (χ0n) is 9.43. The quantitative estimate of drug-likeness (QED) is 0.697. The number of nitrogens with two attached hydrogens (primary N) is 1. The molecule has 2 N–H and O–H groups in total. The SMILES string of the molecule is COCCCC(N)c1nc(N(C)C)no1. The smallest absolute Gasteiger partial charge is 0.265 e. The van der Waals surface area contributed by atoms with E-state index in [1.807, 2.05) is 14.1 Å². The Bertz CT molecular complexity index is 287. The third kappa shape index (κ3) is 3.49. The first-order chi connectivity index (χ1) is 7.15. The number of rotatable bonds is 6. The maximum atomic E-state index is 5.88. The number of nitrogens with zero attached hydrogens (tertiary/aromatic N) is 3. The third-order valence-corrected chi connectivity index (χ3v) is 2.01. The van der Waals surface area contributed by atoms with Crippen molar-refractivity contribution in [1.82, 2.24) is 10.1 Å². The Morgan fingerprint density at radius 1 is 1.53 bits per heavy atom. The molecule has 6 nitrogen and oxygen atoms in total. The number of ether oxygens (including phenoxy) is 1. The lowest BCUT2D eigenvalue weighted by atomic mass is 10.2. The number of anilines is 1. The van der Waals surface area contributed by atoms with Crippen molar-refractivity contribution in [3.8, 4) is 0 Å². The van der Waals surface area contributed by atoms with Crippen LogP contribution in [0, 0.1) is 0 Å². The maximum absolute atomic E-state index is 5.88. The molecule has 0 radical (unpaired) electrons. The van der Waals surface area contributed by atoms with Gasteiger partial charge in [0.15, 0.2) is 0 Å². The van der Waals surface area contributed by atoms with Gasteiger partial charge in [-0.1, -0.05) is 0 Å². The van der Waals surface area contributed by atoms with Crippen molar-refractivity contribution >= 4 is 5.95 Å². The molecule has 0 aliphatic heterocycles. The van der Waals surface area contributed by atoms with E-state index < -0.39 is 0 Å². The van der Waals surface area contributed by atoms with Gasteiger partial charge in [-0.2, -0.15) is 4.98 Å². The van der Waals surface area contributed by atoms with Crippen molar-refractivity contribution in [2.45, 2.75) is 18.9 Å². The van der Waals surface area contributed by atoms with E-state index in [0.717, 1.165) is 12.8 Å². The molecule has 0 aliphatic carbocycles. The third-order valence-electron chi connectivity index (χ3n) is 2.01.